The Kier molecular flexibility index (Phi) is 7.99. The lowest BCUT2D eigenvalue weighted by Crippen LogP contribution is -2.25. The smallest absolute Gasteiger partial charge is 0.248 e. The SMILES string of the molecule is C=CCNS(=O)(=O)Cc1ccc(NC(=O)/C=C/c2ccc(OC)cc2OC)cc1. The minimum Gasteiger partial charge on any atom is -0.497 e. The highest BCUT2D eigenvalue weighted by Gasteiger charge is 2.10. The van der Waals surface area contributed by atoms with Crippen LogP contribution >= 0.6 is 0 Å². The fourth-order valence-corrected chi connectivity index (χ4v) is 3.55. The molecule has 2 N–H and O–H groups in total. The van der Waals surface area contributed by atoms with Crippen LogP contribution in [0.3, 0.4) is 0 Å². The Hall–Kier alpha value is -3.10. The summed E-state index contributed by atoms with van der Waals surface area (Å²) < 4.78 is 36.6. The van der Waals surface area contributed by atoms with Gasteiger partial charge in [-0.05, 0) is 35.9 Å². The second-order valence-electron chi connectivity index (χ2n) is 6.02. The van der Waals surface area contributed by atoms with Crippen molar-refractivity contribution in [3.05, 3.63) is 72.3 Å². The summed E-state index contributed by atoms with van der Waals surface area (Å²) in [7, 11) is -0.316. The number of methoxy groups -OCH3 is 2. The van der Waals surface area contributed by atoms with E-state index in [2.05, 4.69) is 16.6 Å². The van der Waals surface area contributed by atoms with Crippen LogP contribution in [0.4, 0.5) is 5.69 Å². The molecule has 0 unspecified atom stereocenters. The number of sulfonamides is 1. The van der Waals surface area contributed by atoms with Crippen molar-refractivity contribution in [3.63, 3.8) is 0 Å². The molecule has 0 atom stereocenters. The molecule has 2 aromatic rings. The lowest BCUT2D eigenvalue weighted by Gasteiger charge is -2.08. The maximum atomic E-state index is 12.2. The van der Waals surface area contributed by atoms with Crippen LogP contribution in [-0.2, 0) is 20.6 Å². The van der Waals surface area contributed by atoms with E-state index in [4.69, 9.17) is 9.47 Å². The Balaban J connectivity index is 1.99. The van der Waals surface area contributed by atoms with Crippen molar-refractivity contribution in [2.45, 2.75) is 5.75 Å². The second-order valence-corrected chi connectivity index (χ2v) is 7.83. The minimum atomic E-state index is -3.42. The van der Waals surface area contributed by atoms with Crippen molar-refractivity contribution in [1.29, 1.82) is 0 Å². The molecule has 0 saturated heterocycles. The quantitative estimate of drug-likeness (QED) is 0.459. The monoisotopic (exact) mass is 416 g/mol. The van der Waals surface area contributed by atoms with Gasteiger partial charge < -0.3 is 14.8 Å². The molecule has 154 valence electrons. The summed E-state index contributed by atoms with van der Waals surface area (Å²) in [6.45, 7) is 3.66. The van der Waals surface area contributed by atoms with Gasteiger partial charge in [-0.15, -0.1) is 6.58 Å². The maximum absolute atomic E-state index is 12.2. The topological polar surface area (TPSA) is 93.7 Å². The lowest BCUT2D eigenvalue weighted by atomic mass is 10.1. The zero-order valence-corrected chi connectivity index (χ0v) is 17.2. The molecule has 2 aromatic carbocycles. The fraction of sp³-hybridized carbons (Fsp3) is 0.190. The molecule has 0 aromatic heterocycles. The van der Waals surface area contributed by atoms with Gasteiger partial charge in [0.2, 0.25) is 15.9 Å². The number of anilines is 1. The van der Waals surface area contributed by atoms with Gasteiger partial charge in [-0.25, -0.2) is 13.1 Å². The van der Waals surface area contributed by atoms with Gasteiger partial charge in [-0.3, -0.25) is 4.79 Å². The number of amides is 1. The Morgan fingerprint density at radius 2 is 1.83 bits per heavy atom. The third-order valence-corrected chi connectivity index (χ3v) is 5.20. The molecule has 0 bridgehead atoms. The number of ether oxygens (including phenoxy) is 2. The lowest BCUT2D eigenvalue weighted by molar-refractivity contribution is -0.111. The van der Waals surface area contributed by atoms with Gasteiger partial charge in [0.15, 0.2) is 0 Å². The van der Waals surface area contributed by atoms with Crippen LogP contribution in [0.15, 0.2) is 61.2 Å². The molecule has 1 amide bonds. The molecule has 0 heterocycles. The molecule has 7 nitrogen and oxygen atoms in total. The van der Waals surface area contributed by atoms with E-state index in [1.54, 1.807) is 62.8 Å². The summed E-state index contributed by atoms with van der Waals surface area (Å²) in [5.41, 5.74) is 1.90. The Labute approximate surface area is 171 Å². The van der Waals surface area contributed by atoms with E-state index >= 15 is 0 Å². The molecule has 8 heteroatoms. The first-order valence-corrected chi connectivity index (χ1v) is 10.4. The zero-order valence-electron chi connectivity index (χ0n) is 16.3. The van der Waals surface area contributed by atoms with Crippen LogP contribution in [-0.4, -0.2) is 35.1 Å². The van der Waals surface area contributed by atoms with Gasteiger partial charge in [0.1, 0.15) is 11.5 Å². The highest BCUT2D eigenvalue weighted by atomic mass is 32.2. The van der Waals surface area contributed by atoms with Crippen LogP contribution in [0.2, 0.25) is 0 Å². The number of rotatable bonds is 10. The number of benzene rings is 2. The van der Waals surface area contributed by atoms with Gasteiger partial charge in [0.25, 0.3) is 0 Å². The molecule has 0 saturated carbocycles. The average Bonchev–Trinajstić information content (AvgIpc) is 2.72. The molecular weight excluding hydrogens is 392 g/mol. The van der Waals surface area contributed by atoms with Gasteiger partial charge in [-0.1, -0.05) is 18.2 Å². The molecule has 0 spiro atoms. The second kappa shape index (κ2) is 10.4. The van der Waals surface area contributed by atoms with Gasteiger partial charge >= 0.3 is 0 Å². The summed E-state index contributed by atoms with van der Waals surface area (Å²) in [5, 5.41) is 2.73. The standard InChI is InChI=1S/C21H24N2O5S/c1-4-13-22-29(25,26)15-16-5-9-18(10-6-16)23-21(24)12-8-17-7-11-19(27-2)14-20(17)28-3/h4-12,14,22H,1,13,15H2,2-3H3,(H,23,24)/b12-8+. The largest absolute Gasteiger partial charge is 0.497 e. The van der Waals surface area contributed by atoms with Crippen molar-refractivity contribution in [2.24, 2.45) is 0 Å². The van der Waals surface area contributed by atoms with Crippen LogP contribution < -0.4 is 19.5 Å². The molecular formula is C21H24N2O5S. The van der Waals surface area contributed by atoms with Crippen molar-refractivity contribution in [2.75, 3.05) is 26.1 Å². The third kappa shape index (κ3) is 7.10. The van der Waals surface area contributed by atoms with Crippen LogP contribution in [0.5, 0.6) is 11.5 Å². The molecule has 0 aliphatic rings. The highest BCUT2D eigenvalue weighted by Crippen LogP contribution is 2.25. The van der Waals surface area contributed by atoms with E-state index in [1.165, 1.54) is 12.2 Å². The van der Waals surface area contributed by atoms with E-state index in [-0.39, 0.29) is 18.2 Å². The summed E-state index contributed by atoms with van der Waals surface area (Å²) >= 11 is 0. The number of carbonyl (C=O) groups is 1. The normalized spacial score (nSPS) is 11.2. The van der Waals surface area contributed by atoms with Crippen LogP contribution in [0, 0.1) is 0 Å². The minimum absolute atomic E-state index is 0.147. The van der Waals surface area contributed by atoms with Gasteiger partial charge in [-0.2, -0.15) is 0 Å². The van der Waals surface area contributed by atoms with Crippen molar-refractivity contribution in [3.8, 4) is 11.5 Å². The van der Waals surface area contributed by atoms with Crippen LogP contribution in [0.25, 0.3) is 6.08 Å². The van der Waals surface area contributed by atoms with Gasteiger partial charge in [0.05, 0.1) is 20.0 Å². The van der Waals surface area contributed by atoms with E-state index in [0.29, 0.717) is 22.7 Å². The van der Waals surface area contributed by atoms with E-state index in [0.717, 1.165) is 5.56 Å². The summed E-state index contributed by atoms with van der Waals surface area (Å²) in [4.78, 5) is 12.2. The number of hydrogen-bond donors (Lipinski definition) is 2. The Bertz CT molecular complexity index is 983. The Morgan fingerprint density at radius 1 is 1.10 bits per heavy atom. The summed E-state index contributed by atoms with van der Waals surface area (Å²) in [6, 6.07) is 11.9. The molecule has 0 aliphatic carbocycles. The molecule has 2 rings (SSSR count). The predicted molar refractivity (Wildman–Crippen MR) is 114 cm³/mol. The van der Waals surface area contributed by atoms with E-state index < -0.39 is 10.0 Å². The zero-order chi connectivity index (χ0) is 21.3. The first-order valence-electron chi connectivity index (χ1n) is 8.75. The Morgan fingerprint density at radius 3 is 2.45 bits per heavy atom. The predicted octanol–water partition coefficient (Wildman–Crippen LogP) is 2.96. The van der Waals surface area contributed by atoms with Crippen LogP contribution in [0.1, 0.15) is 11.1 Å². The highest BCUT2D eigenvalue weighted by molar-refractivity contribution is 7.88. The third-order valence-electron chi connectivity index (χ3n) is 3.88. The van der Waals surface area contributed by atoms with Gasteiger partial charge in [0, 0.05) is 29.9 Å². The van der Waals surface area contributed by atoms with Crippen molar-refractivity contribution in [1.82, 2.24) is 4.72 Å². The molecule has 0 radical (unpaired) electrons. The molecule has 0 fully saturated rings. The summed E-state index contributed by atoms with van der Waals surface area (Å²) in [5.74, 6) is 0.775. The number of hydrogen-bond acceptors (Lipinski definition) is 5. The number of carbonyl (C=O) groups excluding carboxylic acids is 1. The van der Waals surface area contributed by atoms with E-state index in [1.807, 2.05) is 0 Å². The average molecular weight is 416 g/mol. The first kappa shape index (κ1) is 22.2. The summed E-state index contributed by atoms with van der Waals surface area (Å²) in [6.07, 6.45) is 4.51. The number of nitrogens with one attached hydrogen (secondary N) is 2. The molecule has 0 aliphatic heterocycles. The fourth-order valence-electron chi connectivity index (χ4n) is 2.45. The maximum Gasteiger partial charge on any atom is 0.248 e. The molecule has 29 heavy (non-hydrogen) atoms. The first-order chi connectivity index (χ1) is 13.9. The van der Waals surface area contributed by atoms with Crippen molar-refractivity contribution >= 4 is 27.7 Å². The van der Waals surface area contributed by atoms with Crippen molar-refractivity contribution < 1.29 is 22.7 Å². The van der Waals surface area contributed by atoms with E-state index in [9.17, 15) is 13.2 Å².